The molecule has 1 aromatic heterocycles. The third kappa shape index (κ3) is 1.48. The third-order valence-corrected chi connectivity index (χ3v) is 2.37. The Morgan fingerprint density at radius 1 is 1.38 bits per heavy atom. The number of pyridine rings is 1. The largest absolute Gasteiger partial charge is 0.370 e. The molecule has 0 radical (unpaired) electrons. The maximum atomic E-state index is 8.86. The summed E-state index contributed by atoms with van der Waals surface area (Å²) >= 11 is 0. The number of hydrogen-bond donors (Lipinski definition) is 0. The molecule has 0 saturated carbocycles. The lowest BCUT2D eigenvalue weighted by Gasteiger charge is -2.17. The Morgan fingerprint density at radius 2 is 2.15 bits per heavy atom. The second-order valence-corrected chi connectivity index (χ2v) is 3.20. The van der Waals surface area contributed by atoms with Gasteiger partial charge in [-0.15, -0.1) is 0 Å². The summed E-state index contributed by atoms with van der Waals surface area (Å²) in [6.45, 7) is 2.14. The van der Waals surface area contributed by atoms with E-state index in [0.717, 1.165) is 18.8 Å². The van der Waals surface area contributed by atoms with Crippen molar-refractivity contribution in [3.63, 3.8) is 0 Å². The Morgan fingerprint density at radius 3 is 2.85 bits per heavy atom. The molecular weight excluding hydrogens is 162 g/mol. The molecule has 1 fully saturated rings. The first-order chi connectivity index (χ1) is 6.42. The summed E-state index contributed by atoms with van der Waals surface area (Å²) in [5.41, 5.74) is 1.72. The summed E-state index contributed by atoms with van der Waals surface area (Å²) in [6, 6.07) is 4.09. The zero-order valence-corrected chi connectivity index (χ0v) is 7.40. The van der Waals surface area contributed by atoms with Crippen molar-refractivity contribution in [3.8, 4) is 6.07 Å². The van der Waals surface area contributed by atoms with Gasteiger partial charge in [0.25, 0.3) is 0 Å². The van der Waals surface area contributed by atoms with E-state index in [4.69, 9.17) is 5.26 Å². The number of anilines is 1. The molecule has 1 aromatic rings. The molecule has 1 aliphatic heterocycles. The highest BCUT2D eigenvalue weighted by atomic mass is 15.1. The fraction of sp³-hybridized carbons (Fsp3) is 0.400. The molecule has 66 valence electrons. The van der Waals surface area contributed by atoms with Gasteiger partial charge in [0.15, 0.2) is 0 Å². The van der Waals surface area contributed by atoms with E-state index in [0.29, 0.717) is 5.56 Å². The maximum Gasteiger partial charge on any atom is 0.103 e. The van der Waals surface area contributed by atoms with Crippen molar-refractivity contribution < 1.29 is 0 Å². The van der Waals surface area contributed by atoms with Gasteiger partial charge >= 0.3 is 0 Å². The van der Waals surface area contributed by atoms with Gasteiger partial charge < -0.3 is 4.90 Å². The van der Waals surface area contributed by atoms with Gasteiger partial charge in [-0.2, -0.15) is 5.26 Å². The molecule has 2 rings (SSSR count). The highest BCUT2D eigenvalue weighted by Gasteiger charge is 2.14. The van der Waals surface area contributed by atoms with Crippen LogP contribution in [0.25, 0.3) is 0 Å². The van der Waals surface area contributed by atoms with E-state index in [-0.39, 0.29) is 0 Å². The molecule has 0 spiro atoms. The monoisotopic (exact) mass is 173 g/mol. The number of hydrogen-bond acceptors (Lipinski definition) is 3. The topological polar surface area (TPSA) is 39.9 Å². The second kappa shape index (κ2) is 3.44. The van der Waals surface area contributed by atoms with Crippen LogP contribution in [0.2, 0.25) is 0 Å². The molecule has 0 unspecified atom stereocenters. The van der Waals surface area contributed by atoms with Gasteiger partial charge in [0, 0.05) is 25.5 Å². The Hall–Kier alpha value is -1.56. The molecule has 0 bridgehead atoms. The number of nitriles is 1. The fourth-order valence-corrected chi connectivity index (χ4v) is 1.71. The highest BCUT2D eigenvalue weighted by molar-refractivity contribution is 5.58. The third-order valence-electron chi connectivity index (χ3n) is 2.37. The SMILES string of the molecule is N#Cc1cnccc1N1CCCC1. The minimum Gasteiger partial charge on any atom is -0.370 e. The molecule has 1 aliphatic rings. The smallest absolute Gasteiger partial charge is 0.103 e. The standard InChI is InChI=1S/C10H11N3/c11-7-9-8-12-4-3-10(9)13-5-1-2-6-13/h3-4,8H,1-2,5-6H2. The van der Waals surface area contributed by atoms with Crippen molar-refractivity contribution in [1.29, 1.82) is 5.26 Å². The first-order valence-corrected chi connectivity index (χ1v) is 4.51. The van der Waals surface area contributed by atoms with Crippen LogP contribution in [-0.4, -0.2) is 18.1 Å². The van der Waals surface area contributed by atoms with Gasteiger partial charge in [-0.1, -0.05) is 0 Å². The average Bonchev–Trinajstić information content (AvgIpc) is 2.70. The zero-order chi connectivity index (χ0) is 9.10. The minimum absolute atomic E-state index is 0.685. The Balaban J connectivity index is 2.33. The lowest BCUT2D eigenvalue weighted by atomic mass is 10.2. The van der Waals surface area contributed by atoms with Crippen molar-refractivity contribution in [3.05, 3.63) is 24.0 Å². The normalized spacial score (nSPS) is 15.8. The van der Waals surface area contributed by atoms with Gasteiger partial charge in [-0.05, 0) is 18.9 Å². The summed E-state index contributed by atoms with van der Waals surface area (Å²) in [4.78, 5) is 6.19. The second-order valence-electron chi connectivity index (χ2n) is 3.20. The van der Waals surface area contributed by atoms with E-state index in [1.54, 1.807) is 12.4 Å². The molecule has 3 nitrogen and oxygen atoms in total. The van der Waals surface area contributed by atoms with Crippen LogP contribution in [0.4, 0.5) is 5.69 Å². The summed E-state index contributed by atoms with van der Waals surface area (Å²) in [5.74, 6) is 0. The van der Waals surface area contributed by atoms with Crippen LogP contribution in [0.3, 0.4) is 0 Å². The van der Waals surface area contributed by atoms with Crippen LogP contribution < -0.4 is 4.90 Å². The van der Waals surface area contributed by atoms with Crippen molar-refractivity contribution in [2.24, 2.45) is 0 Å². The predicted octanol–water partition coefficient (Wildman–Crippen LogP) is 1.55. The summed E-state index contributed by atoms with van der Waals surface area (Å²) in [7, 11) is 0. The van der Waals surface area contributed by atoms with E-state index in [1.807, 2.05) is 6.07 Å². The molecule has 3 heteroatoms. The summed E-state index contributed by atoms with van der Waals surface area (Å²) < 4.78 is 0. The van der Waals surface area contributed by atoms with Crippen molar-refractivity contribution in [2.45, 2.75) is 12.8 Å². The van der Waals surface area contributed by atoms with E-state index in [2.05, 4.69) is 16.0 Å². The molecule has 0 amide bonds. The quantitative estimate of drug-likeness (QED) is 0.647. The maximum absolute atomic E-state index is 8.86. The van der Waals surface area contributed by atoms with E-state index in [1.165, 1.54) is 12.8 Å². The van der Waals surface area contributed by atoms with Gasteiger partial charge in [0.1, 0.15) is 6.07 Å². The Labute approximate surface area is 77.6 Å². The lowest BCUT2D eigenvalue weighted by Crippen LogP contribution is -2.18. The van der Waals surface area contributed by atoms with Crippen LogP contribution in [0.5, 0.6) is 0 Å². The molecule has 0 atom stereocenters. The number of aromatic nitrogens is 1. The summed E-state index contributed by atoms with van der Waals surface area (Å²) in [5, 5.41) is 8.86. The molecule has 1 saturated heterocycles. The molecule has 0 N–H and O–H groups in total. The first kappa shape index (κ1) is 8.06. The number of nitrogens with zero attached hydrogens (tertiary/aromatic N) is 3. The van der Waals surface area contributed by atoms with Gasteiger partial charge in [-0.25, -0.2) is 0 Å². The van der Waals surface area contributed by atoms with Gasteiger partial charge in [-0.3, -0.25) is 4.98 Å². The van der Waals surface area contributed by atoms with Crippen molar-refractivity contribution in [1.82, 2.24) is 4.98 Å². The Bertz CT molecular complexity index is 334. The van der Waals surface area contributed by atoms with Crippen LogP contribution >= 0.6 is 0 Å². The lowest BCUT2D eigenvalue weighted by molar-refractivity contribution is 0.949. The van der Waals surface area contributed by atoms with Crippen LogP contribution in [0.1, 0.15) is 18.4 Å². The molecule has 0 aromatic carbocycles. The van der Waals surface area contributed by atoms with Gasteiger partial charge in [0.2, 0.25) is 0 Å². The number of rotatable bonds is 1. The molecule has 0 aliphatic carbocycles. The zero-order valence-electron chi connectivity index (χ0n) is 7.40. The first-order valence-electron chi connectivity index (χ1n) is 4.51. The van der Waals surface area contributed by atoms with Crippen molar-refractivity contribution >= 4 is 5.69 Å². The highest BCUT2D eigenvalue weighted by Crippen LogP contribution is 2.22. The van der Waals surface area contributed by atoms with E-state index < -0.39 is 0 Å². The van der Waals surface area contributed by atoms with Crippen LogP contribution in [0, 0.1) is 11.3 Å². The summed E-state index contributed by atoms with van der Waals surface area (Å²) in [6.07, 6.45) is 5.84. The molecule has 13 heavy (non-hydrogen) atoms. The van der Waals surface area contributed by atoms with Gasteiger partial charge in [0.05, 0.1) is 11.3 Å². The van der Waals surface area contributed by atoms with Crippen LogP contribution in [-0.2, 0) is 0 Å². The average molecular weight is 173 g/mol. The van der Waals surface area contributed by atoms with Crippen molar-refractivity contribution in [2.75, 3.05) is 18.0 Å². The van der Waals surface area contributed by atoms with E-state index >= 15 is 0 Å². The fourth-order valence-electron chi connectivity index (χ4n) is 1.71. The molecular formula is C10H11N3. The predicted molar refractivity (Wildman–Crippen MR) is 50.4 cm³/mol. The van der Waals surface area contributed by atoms with Crippen LogP contribution in [0.15, 0.2) is 18.5 Å². The Kier molecular flexibility index (Phi) is 2.13. The molecule has 2 heterocycles. The van der Waals surface area contributed by atoms with E-state index in [9.17, 15) is 0 Å². The minimum atomic E-state index is 0.685.